The molecule has 4 aromatic rings. The molecule has 0 aliphatic rings. The molecule has 0 aliphatic heterocycles. The number of nitrogen functional groups attached to an aromatic ring is 1. The summed E-state index contributed by atoms with van der Waals surface area (Å²) in [6.45, 7) is 1.99. The molecule has 51 heavy (non-hydrogen) atoms. The largest absolute Gasteiger partial charge is 0.504 e. The van der Waals surface area contributed by atoms with Gasteiger partial charge in [0.05, 0.1) is 7.11 Å². The van der Waals surface area contributed by atoms with Crippen molar-refractivity contribution in [3.05, 3.63) is 137 Å². The Bertz CT molecular complexity index is 1770. The monoisotopic (exact) mass is 699 g/mol. The molecule has 0 saturated carbocycles. The molecule has 9 N–H and O–H groups in total. The third kappa shape index (κ3) is 19.2. The van der Waals surface area contributed by atoms with Crippen LogP contribution in [-0.4, -0.2) is 66.7 Å². The van der Waals surface area contributed by atoms with Gasteiger partial charge in [0.15, 0.2) is 17.2 Å². The van der Waals surface area contributed by atoms with Gasteiger partial charge in [0.25, 0.3) is 0 Å². The predicted molar refractivity (Wildman–Crippen MR) is 193 cm³/mol. The van der Waals surface area contributed by atoms with Gasteiger partial charge in [0.1, 0.15) is 5.75 Å². The minimum atomic E-state index is -1.14. The van der Waals surface area contributed by atoms with Gasteiger partial charge < -0.3 is 46.2 Å². The molecule has 0 aromatic heterocycles. The first-order chi connectivity index (χ1) is 24.1. The van der Waals surface area contributed by atoms with Gasteiger partial charge in [0.2, 0.25) is 0 Å². The molecule has 0 fully saturated rings. The van der Waals surface area contributed by atoms with Gasteiger partial charge in [-0.15, -0.1) is 0 Å². The van der Waals surface area contributed by atoms with E-state index in [1.165, 1.54) is 23.8 Å². The van der Waals surface area contributed by atoms with Gasteiger partial charge in [0, 0.05) is 30.0 Å². The second-order valence-electron chi connectivity index (χ2n) is 9.94. The molecule has 0 radical (unpaired) electrons. The number of carboxylic acid groups (broad SMARTS) is 4. The highest BCUT2D eigenvalue weighted by Crippen LogP contribution is 2.35. The number of hydrogen-bond acceptors (Lipinski definition) is 9. The number of anilines is 1. The number of hydrogen-bond donors (Lipinski definition) is 8. The fourth-order valence-electron chi connectivity index (χ4n) is 3.39. The Kier molecular flexibility index (Phi) is 18.3. The van der Waals surface area contributed by atoms with E-state index in [1.807, 2.05) is 31.2 Å². The van der Waals surface area contributed by atoms with Crippen molar-refractivity contribution in [3.8, 4) is 23.0 Å². The van der Waals surface area contributed by atoms with E-state index >= 15 is 0 Å². The van der Waals surface area contributed by atoms with Crippen LogP contribution in [0.3, 0.4) is 0 Å². The van der Waals surface area contributed by atoms with Crippen LogP contribution >= 0.6 is 0 Å². The molecule has 0 heterocycles. The van der Waals surface area contributed by atoms with Gasteiger partial charge in [-0.1, -0.05) is 54.1 Å². The lowest BCUT2D eigenvalue weighted by Gasteiger charge is -2.01. The standard InChI is InChI=1S/C10H10O3.C10H10O2.C9H9NO2.C9H8O5/c1-13-9-5-2-8(3-6-9)4-7-10(11)12;1-8-2-4-9(5-3-8)6-7-10(11)12;10-8-4-1-7(2-5-8)3-6-9(11)12;10-6-3-5(1-2-8(12)13)4-7(11)9(6)14/h2-7H,1H3,(H,11,12);2-7H,1H3,(H,11,12);1-6H,10H2,(H,11,12);1-4,10-11,14H,(H,12,13)/b7-4+;7-6+;6-3+;2-1+. The molecule has 266 valence electrons. The second-order valence-corrected chi connectivity index (χ2v) is 9.94. The summed E-state index contributed by atoms with van der Waals surface area (Å²) in [4.78, 5) is 40.6. The predicted octanol–water partition coefficient (Wildman–Crippen LogP) is 6.15. The lowest BCUT2D eigenvalue weighted by molar-refractivity contribution is -0.132. The van der Waals surface area contributed by atoms with Crippen molar-refractivity contribution in [1.29, 1.82) is 0 Å². The summed E-state index contributed by atoms with van der Waals surface area (Å²) in [6.07, 6.45) is 9.97. The van der Waals surface area contributed by atoms with Gasteiger partial charge in [-0.2, -0.15) is 0 Å². The summed E-state index contributed by atoms with van der Waals surface area (Å²) in [7, 11) is 1.59. The zero-order chi connectivity index (χ0) is 38.3. The molecule has 0 bridgehead atoms. The van der Waals surface area contributed by atoms with Crippen molar-refractivity contribution in [3.63, 3.8) is 0 Å². The highest BCUT2D eigenvalue weighted by Gasteiger charge is 2.06. The fraction of sp³-hybridized carbons (Fsp3) is 0.0526. The van der Waals surface area contributed by atoms with Gasteiger partial charge in [-0.3, -0.25) is 0 Å². The maximum atomic E-state index is 10.2. The van der Waals surface area contributed by atoms with Crippen LogP contribution in [0.25, 0.3) is 24.3 Å². The lowest BCUT2D eigenvalue weighted by Crippen LogP contribution is -1.86. The molecular weight excluding hydrogens is 662 g/mol. The number of ether oxygens (including phenoxy) is 1. The zero-order valence-electron chi connectivity index (χ0n) is 27.5. The number of carboxylic acids is 4. The summed E-state index contributed by atoms with van der Waals surface area (Å²) in [5, 5.41) is 60.4. The van der Waals surface area contributed by atoms with Crippen LogP contribution in [0.15, 0.2) is 109 Å². The quantitative estimate of drug-likeness (QED) is 0.0555. The normalized spacial score (nSPS) is 10.4. The molecule has 4 rings (SSSR count). The lowest BCUT2D eigenvalue weighted by atomic mass is 10.1. The first kappa shape index (κ1) is 41.7. The Labute approximate surface area is 293 Å². The molecule has 0 amide bonds. The highest BCUT2D eigenvalue weighted by molar-refractivity contribution is 5.87. The Morgan fingerprint density at radius 3 is 1.18 bits per heavy atom. The number of carbonyl (C=O) groups is 4. The minimum Gasteiger partial charge on any atom is -0.504 e. The van der Waals surface area contributed by atoms with Crippen LogP contribution in [0.5, 0.6) is 23.0 Å². The van der Waals surface area contributed by atoms with Gasteiger partial charge >= 0.3 is 23.9 Å². The smallest absolute Gasteiger partial charge is 0.328 e. The summed E-state index contributed by atoms with van der Waals surface area (Å²) in [5.74, 6) is -4.84. The second kappa shape index (κ2) is 22.3. The molecule has 0 spiro atoms. The third-order valence-corrected chi connectivity index (χ3v) is 5.90. The van der Waals surface area contributed by atoms with E-state index in [9.17, 15) is 19.2 Å². The van der Waals surface area contributed by atoms with E-state index < -0.39 is 41.1 Å². The van der Waals surface area contributed by atoms with Crippen LogP contribution in [-0.2, 0) is 19.2 Å². The molecule has 13 nitrogen and oxygen atoms in total. The molecular formula is C38H37NO12. The SMILES string of the molecule is COc1ccc(/C=C/C(=O)O)cc1.Cc1ccc(/C=C/C(=O)O)cc1.Nc1ccc(/C=C/C(=O)O)cc1.O=C(O)/C=C/c1cc(O)c(O)c(O)c1. The Balaban J connectivity index is 0.000000341. The van der Waals surface area contributed by atoms with E-state index in [0.717, 1.165) is 58.9 Å². The number of nitrogens with two attached hydrogens (primary N) is 1. The van der Waals surface area contributed by atoms with Crippen molar-refractivity contribution in [1.82, 2.24) is 0 Å². The third-order valence-electron chi connectivity index (χ3n) is 5.90. The summed E-state index contributed by atoms with van der Waals surface area (Å²) in [5.41, 5.74) is 10.1. The molecule has 0 unspecified atom stereocenters. The first-order valence-electron chi connectivity index (χ1n) is 14.5. The topological polar surface area (TPSA) is 245 Å². The van der Waals surface area contributed by atoms with Gasteiger partial charge in [-0.25, -0.2) is 19.2 Å². The van der Waals surface area contributed by atoms with Crippen molar-refractivity contribution < 1.29 is 59.7 Å². The molecule has 0 atom stereocenters. The van der Waals surface area contributed by atoms with E-state index in [4.69, 9.17) is 46.2 Å². The Hall–Kier alpha value is -7.28. The number of phenols is 3. The Morgan fingerprint density at radius 2 is 0.843 bits per heavy atom. The number of benzene rings is 4. The number of rotatable bonds is 9. The minimum absolute atomic E-state index is 0.278. The number of phenolic OH excluding ortho intramolecular Hbond substituents is 3. The van der Waals surface area contributed by atoms with Crippen LogP contribution in [0, 0.1) is 6.92 Å². The number of aromatic hydroxyl groups is 3. The van der Waals surface area contributed by atoms with Gasteiger partial charge in [-0.05, 0) is 89.9 Å². The van der Waals surface area contributed by atoms with E-state index in [0.29, 0.717) is 5.69 Å². The van der Waals surface area contributed by atoms with E-state index in [-0.39, 0.29) is 5.56 Å². The van der Waals surface area contributed by atoms with Crippen molar-refractivity contribution in [2.24, 2.45) is 0 Å². The molecule has 0 aliphatic carbocycles. The number of methoxy groups -OCH3 is 1. The van der Waals surface area contributed by atoms with Crippen LogP contribution in [0.1, 0.15) is 27.8 Å². The molecule has 4 aromatic carbocycles. The Morgan fingerprint density at radius 1 is 0.529 bits per heavy atom. The van der Waals surface area contributed by atoms with Crippen molar-refractivity contribution in [2.45, 2.75) is 6.92 Å². The molecule has 13 heteroatoms. The van der Waals surface area contributed by atoms with Crippen molar-refractivity contribution in [2.75, 3.05) is 12.8 Å². The summed E-state index contributed by atoms with van der Waals surface area (Å²) >= 11 is 0. The zero-order valence-corrected chi connectivity index (χ0v) is 27.5. The average Bonchev–Trinajstić information content (AvgIpc) is 3.09. The summed E-state index contributed by atoms with van der Waals surface area (Å²) in [6, 6.07) is 24.0. The summed E-state index contributed by atoms with van der Waals surface area (Å²) < 4.78 is 4.95. The number of aliphatic carboxylic acids is 4. The van der Waals surface area contributed by atoms with E-state index in [1.54, 1.807) is 61.7 Å². The van der Waals surface area contributed by atoms with Crippen molar-refractivity contribution >= 4 is 53.9 Å². The average molecular weight is 700 g/mol. The van der Waals surface area contributed by atoms with Crippen LogP contribution in [0.2, 0.25) is 0 Å². The van der Waals surface area contributed by atoms with Crippen LogP contribution in [0.4, 0.5) is 5.69 Å². The fourth-order valence-corrected chi connectivity index (χ4v) is 3.39. The van der Waals surface area contributed by atoms with Crippen LogP contribution < -0.4 is 10.5 Å². The highest BCUT2D eigenvalue weighted by atomic mass is 16.5. The number of aryl methyl sites for hydroxylation is 1. The van der Waals surface area contributed by atoms with E-state index in [2.05, 4.69) is 0 Å². The maximum Gasteiger partial charge on any atom is 0.328 e. The molecule has 0 saturated heterocycles. The maximum absolute atomic E-state index is 10.2. The first-order valence-corrected chi connectivity index (χ1v) is 14.5.